The third-order valence-corrected chi connectivity index (χ3v) is 5.82. The van der Waals surface area contributed by atoms with Gasteiger partial charge in [0.15, 0.2) is 5.69 Å². The van der Waals surface area contributed by atoms with Crippen molar-refractivity contribution in [3.63, 3.8) is 0 Å². The van der Waals surface area contributed by atoms with Gasteiger partial charge >= 0.3 is 0 Å². The first kappa shape index (κ1) is 20.8. The number of benzene rings is 1. The lowest BCUT2D eigenvalue weighted by Crippen LogP contribution is -2.41. The Morgan fingerprint density at radius 1 is 1.17 bits per heavy atom. The molecule has 0 N–H and O–H groups in total. The van der Waals surface area contributed by atoms with E-state index in [0.29, 0.717) is 24.8 Å². The molecule has 0 aliphatic carbocycles. The Kier molecular flexibility index (Phi) is 6.96. The maximum absolute atomic E-state index is 12.9. The third-order valence-electron chi connectivity index (χ3n) is 5.82. The molecule has 2 saturated heterocycles. The first-order chi connectivity index (χ1) is 14.7. The molecule has 8 nitrogen and oxygen atoms in total. The second kappa shape index (κ2) is 10.0. The van der Waals surface area contributed by atoms with Crippen molar-refractivity contribution in [3.8, 4) is 5.75 Å². The highest BCUT2D eigenvalue weighted by Gasteiger charge is 2.26. The molecule has 0 bridgehead atoms. The zero-order valence-corrected chi connectivity index (χ0v) is 17.7. The molecule has 1 aromatic carbocycles. The minimum absolute atomic E-state index is 0.0346. The number of morpholine rings is 1. The molecule has 1 aromatic heterocycles. The van der Waals surface area contributed by atoms with Gasteiger partial charge in [0.05, 0.1) is 32.6 Å². The van der Waals surface area contributed by atoms with Crippen LogP contribution in [-0.4, -0.2) is 83.2 Å². The lowest BCUT2D eigenvalue weighted by atomic mass is 9.98. The topological polar surface area (TPSA) is 72.7 Å². The Hall–Kier alpha value is -2.45. The predicted octanol–water partition coefficient (Wildman–Crippen LogP) is 1.85. The molecule has 0 spiro atoms. The number of aryl methyl sites for hydroxylation is 1. The van der Waals surface area contributed by atoms with Crippen molar-refractivity contribution in [1.82, 2.24) is 24.8 Å². The van der Waals surface area contributed by atoms with Crippen LogP contribution >= 0.6 is 0 Å². The van der Waals surface area contributed by atoms with E-state index in [4.69, 9.17) is 9.47 Å². The fourth-order valence-corrected chi connectivity index (χ4v) is 3.97. The molecule has 2 aliphatic heterocycles. The minimum atomic E-state index is -0.0346. The van der Waals surface area contributed by atoms with Crippen LogP contribution in [0.4, 0.5) is 0 Å². The Morgan fingerprint density at radius 3 is 2.77 bits per heavy atom. The number of rotatable bonds is 7. The van der Waals surface area contributed by atoms with Crippen LogP contribution in [0.2, 0.25) is 0 Å². The molecule has 8 heteroatoms. The summed E-state index contributed by atoms with van der Waals surface area (Å²) in [6, 6.07) is 8.09. The van der Waals surface area contributed by atoms with Gasteiger partial charge in [-0.15, -0.1) is 5.10 Å². The van der Waals surface area contributed by atoms with E-state index in [0.717, 1.165) is 64.5 Å². The van der Waals surface area contributed by atoms with E-state index in [9.17, 15) is 4.79 Å². The van der Waals surface area contributed by atoms with E-state index in [-0.39, 0.29) is 5.91 Å². The number of carbonyl (C=O) groups is 1. The fraction of sp³-hybridized carbons (Fsp3) is 0.591. The number of aromatic nitrogens is 3. The van der Waals surface area contributed by atoms with Gasteiger partial charge in [0, 0.05) is 38.6 Å². The molecule has 1 amide bonds. The highest BCUT2D eigenvalue weighted by Crippen LogP contribution is 2.20. The Bertz CT molecular complexity index is 816. The summed E-state index contributed by atoms with van der Waals surface area (Å²) in [5.74, 6) is 1.18. The highest BCUT2D eigenvalue weighted by molar-refractivity contribution is 5.92. The molecule has 3 heterocycles. The van der Waals surface area contributed by atoms with Crippen LogP contribution in [0.3, 0.4) is 0 Å². The second-order valence-electron chi connectivity index (χ2n) is 8.20. The van der Waals surface area contributed by atoms with Crippen molar-refractivity contribution in [2.45, 2.75) is 26.3 Å². The maximum Gasteiger partial charge on any atom is 0.276 e. The molecule has 2 aliphatic rings. The van der Waals surface area contributed by atoms with Gasteiger partial charge < -0.3 is 14.4 Å². The van der Waals surface area contributed by atoms with E-state index in [1.165, 1.54) is 5.56 Å². The van der Waals surface area contributed by atoms with Crippen molar-refractivity contribution in [2.75, 3.05) is 52.5 Å². The predicted molar refractivity (Wildman–Crippen MR) is 113 cm³/mol. The van der Waals surface area contributed by atoms with Crippen molar-refractivity contribution in [1.29, 1.82) is 0 Å². The lowest BCUT2D eigenvalue weighted by molar-refractivity contribution is 0.0359. The average molecular weight is 414 g/mol. The summed E-state index contributed by atoms with van der Waals surface area (Å²) >= 11 is 0. The molecule has 2 aromatic rings. The van der Waals surface area contributed by atoms with Gasteiger partial charge in [-0.25, -0.2) is 0 Å². The van der Waals surface area contributed by atoms with Gasteiger partial charge in [0.25, 0.3) is 5.91 Å². The maximum atomic E-state index is 12.9. The average Bonchev–Trinajstić information content (AvgIpc) is 3.27. The number of piperidine rings is 1. The van der Waals surface area contributed by atoms with Crippen LogP contribution in [0.15, 0.2) is 30.5 Å². The molecule has 0 radical (unpaired) electrons. The molecule has 0 unspecified atom stereocenters. The third kappa shape index (κ3) is 5.58. The summed E-state index contributed by atoms with van der Waals surface area (Å²) in [6.07, 6.45) is 3.83. The van der Waals surface area contributed by atoms with Gasteiger partial charge in [-0.2, -0.15) is 0 Å². The van der Waals surface area contributed by atoms with Gasteiger partial charge in [-0.1, -0.05) is 22.9 Å². The quantitative estimate of drug-likeness (QED) is 0.690. The Labute approximate surface area is 177 Å². The van der Waals surface area contributed by atoms with Crippen LogP contribution in [0, 0.1) is 12.8 Å². The standard InChI is InChI=1S/C22H31N5O3/c1-18-4-6-20(7-5-18)30-17-19-3-2-8-26(15-19)22(28)21-16-27(24-23-21)10-9-25-11-13-29-14-12-25/h4-7,16,19H,2-3,8-15,17H2,1H3/t19-/m1/s1. The molecule has 30 heavy (non-hydrogen) atoms. The molecule has 0 saturated carbocycles. The van der Waals surface area contributed by atoms with Gasteiger partial charge in [-0.3, -0.25) is 14.4 Å². The van der Waals surface area contributed by atoms with Crippen molar-refractivity contribution >= 4 is 5.91 Å². The van der Waals surface area contributed by atoms with E-state index in [1.807, 2.05) is 17.0 Å². The molecule has 2 fully saturated rings. The van der Waals surface area contributed by atoms with Crippen LogP contribution in [0.1, 0.15) is 28.9 Å². The van der Waals surface area contributed by atoms with Gasteiger partial charge in [0.1, 0.15) is 5.75 Å². The highest BCUT2D eigenvalue weighted by atomic mass is 16.5. The van der Waals surface area contributed by atoms with Gasteiger partial charge in [-0.05, 0) is 31.9 Å². The second-order valence-corrected chi connectivity index (χ2v) is 8.20. The number of carbonyl (C=O) groups excluding carboxylic acids is 1. The van der Waals surface area contributed by atoms with E-state index < -0.39 is 0 Å². The zero-order valence-electron chi connectivity index (χ0n) is 17.7. The van der Waals surface area contributed by atoms with Crippen LogP contribution < -0.4 is 4.74 Å². The fourth-order valence-electron chi connectivity index (χ4n) is 3.97. The number of amides is 1. The summed E-state index contributed by atoms with van der Waals surface area (Å²) in [6.45, 7) is 9.23. The first-order valence-corrected chi connectivity index (χ1v) is 10.9. The molecule has 4 rings (SSSR count). The summed E-state index contributed by atoms with van der Waals surface area (Å²) in [5, 5.41) is 8.28. The minimum Gasteiger partial charge on any atom is -0.493 e. The number of nitrogens with zero attached hydrogens (tertiary/aromatic N) is 5. The number of likely N-dealkylation sites (tertiary alicyclic amines) is 1. The smallest absolute Gasteiger partial charge is 0.276 e. The largest absolute Gasteiger partial charge is 0.493 e. The molecule has 162 valence electrons. The van der Waals surface area contributed by atoms with Crippen LogP contribution in [0.5, 0.6) is 5.75 Å². The van der Waals surface area contributed by atoms with E-state index in [2.05, 4.69) is 34.3 Å². The van der Waals surface area contributed by atoms with Crippen LogP contribution in [-0.2, 0) is 11.3 Å². The van der Waals surface area contributed by atoms with Crippen LogP contribution in [0.25, 0.3) is 0 Å². The number of hydrogen-bond acceptors (Lipinski definition) is 6. The van der Waals surface area contributed by atoms with E-state index >= 15 is 0 Å². The Balaban J connectivity index is 1.26. The molecular formula is C22H31N5O3. The number of ether oxygens (including phenoxy) is 2. The first-order valence-electron chi connectivity index (χ1n) is 10.9. The van der Waals surface area contributed by atoms with Gasteiger partial charge in [0.2, 0.25) is 0 Å². The SMILES string of the molecule is Cc1ccc(OC[C@@H]2CCCN(C(=O)c3cn(CCN4CCOCC4)nn3)C2)cc1. The summed E-state index contributed by atoms with van der Waals surface area (Å²) in [5.41, 5.74) is 1.65. The zero-order chi connectivity index (χ0) is 20.8. The summed E-state index contributed by atoms with van der Waals surface area (Å²) < 4.78 is 13.1. The molecular weight excluding hydrogens is 382 g/mol. The monoisotopic (exact) mass is 413 g/mol. The molecule has 1 atom stereocenters. The number of hydrogen-bond donors (Lipinski definition) is 0. The van der Waals surface area contributed by atoms with Crippen molar-refractivity contribution in [2.24, 2.45) is 5.92 Å². The van der Waals surface area contributed by atoms with E-state index in [1.54, 1.807) is 10.9 Å². The van der Waals surface area contributed by atoms with Crippen molar-refractivity contribution < 1.29 is 14.3 Å². The normalized spacial score (nSPS) is 20.3. The lowest BCUT2D eigenvalue weighted by Gasteiger charge is -2.32. The van der Waals surface area contributed by atoms with Crippen molar-refractivity contribution in [3.05, 3.63) is 41.7 Å². The summed E-state index contributed by atoms with van der Waals surface area (Å²) in [4.78, 5) is 17.2. The summed E-state index contributed by atoms with van der Waals surface area (Å²) in [7, 11) is 0. The Morgan fingerprint density at radius 2 is 1.97 bits per heavy atom.